The van der Waals surface area contributed by atoms with Crippen LogP contribution in [-0.2, 0) is 0 Å². The average Bonchev–Trinajstić information content (AvgIpc) is 2.55. The first-order valence-electron chi connectivity index (χ1n) is 6.26. The summed E-state index contributed by atoms with van der Waals surface area (Å²) in [6.07, 6.45) is 2.95. The van der Waals surface area contributed by atoms with Crippen molar-refractivity contribution in [3.05, 3.63) is 52.2 Å². The van der Waals surface area contributed by atoms with E-state index in [0.717, 1.165) is 5.56 Å². The molecule has 22 heavy (non-hydrogen) atoms. The lowest BCUT2D eigenvalue weighted by atomic mass is 10.2. The molecule has 1 aromatic heterocycles. The van der Waals surface area contributed by atoms with Gasteiger partial charge >= 0.3 is 5.69 Å². The summed E-state index contributed by atoms with van der Waals surface area (Å²) < 4.78 is 10.3. The van der Waals surface area contributed by atoms with E-state index in [-0.39, 0.29) is 11.5 Å². The first-order chi connectivity index (χ1) is 10.7. The Morgan fingerprint density at radius 3 is 2.73 bits per heavy atom. The fourth-order valence-corrected chi connectivity index (χ4v) is 1.73. The Kier molecular flexibility index (Phi) is 4.86. The quantitative estimate of drug-likeness (QED) is 0.500. The molecule has 0 unspecified atom stereocenters. The third kappa shape index (κ3) is 3.48. The van der Waals surface area contributed by atoms with Gasteiger partial charge in [-0.3, -0.25) is 15.5 Å². The highest BCUT2D eigenvalue weighted by Gasteiger charge is 2.12. The Labute approximate surface area is 126 Å². The number of nitrogens with one attached hydrogen (secondary N) is 1. The minimum Gasteiger partial charge on any atom is -0.493 e. The van der Waals surface area contributed by atoms with Crippen molar-refractivity contribution in [2.75, 3.05) is 19.6 Å². The van der Waals surface area contributed by atoms with Crippen LogP contribution in [0.25, 0.3) is 0 Å². The molecule has 0 saturated heterocycles. The van der Waals surface area contributed by atoms with Crippen molar-refractivity contribution in [1.82, 2.24) is 4.98 Å². The number of rotatable bonds is 6. The van der Waals surface area contributed by atoms with Crippen LogP contribution in [0.5, 0.6) is 11.5 Å². The van der Waals surface area contributed by atoms with Crippen LogP contribution in [0.4, 0.5) is 11.5 Å². The molecule has 0 atom stereocenters. The number of nitro groups is 1. The molecule has 0 fully saturated rings. The van der Waals surface area contributed by atoms with Crippen LogP contribution in [-0.4, -0.2) is 30.3 Å². The predicted octanol–water partition coefficient (Wildman–Crippen LogP) is 2.45. The summed E-state index contributed by atoms with van der Waals surface area (Å²) in [6.45, 7) is 0. The van der Waals surface area contributed by atoms with Crippen molar-refractivity contribution in [1.29, 1.82) is 0 Å². The van der Waals surface area contributed by atoms with Crippen molar-refractivity contribution in [2.45, 2.75) is 0 Å². The largest absolute Gasteiger partial charge is 0.493 e. The van der Waals surface area contributed by atoms with Gasteiger partial charge in [-0.25, -0.2) is 4.98 Å². The van der Waals surface area contributed by atoms with E-state index < -0.39 is 4.92 Å². The molecular formula is C14H14N4O4. The first kappa shape index (κ1) is 15.2. The fourth-order valence-electron chi connectivity index (χ4n) is 1.73. The van der Waals surface area contributed by atoms with Crippen LogP contribution in [0.1, 0.15) is 5.56 Å². The average molecular weight is 302 g/mol. The van der Waals surface area contributed by atoms with Crippen LogP contribution < -0.4 is 14.9 Å². The highest BCUT2D eigenvalue weighted by molar-refractivity contribution is 5.81. The first-order valence-corrected chi connectivity index (χ1v) is 6.26. The fraction of sp³-hybridized carbons (Fsp3) is 0.143. The molecule has 0 saturated carbocycles. The number of hydrazone groups is 1. The molecule has 0 radical (unpaired) electrons. The molecule has 1 heterocycles. The zero-order valence-corrected chi connectivity index (χ0v) is 12.0. The van der Waals surface area contributed by atoms with E-state index in [9.17, 15) is 10.1 Å². The molecule has 8 nitrogen and oxygen atoms in total. The minimum absolute atomic E-state index is 0.0734. The summed E-state index contributed by atoms with van der Waals surface area (Å²) in [7, 11) is 3.08. The molecule has 2 aromatic rings. The predicted molar refractivity (Wildman–Crippen MR) is 81.7 cm³/mol. The van der Waals surface area contributed by atoms with E-state index in [1.165, 1.54) is 31.7 Å². The molecule has 114 valence electrons. The SMILES string of the molecule is COc1ccc(/C=N\Nc2ncccc2[N+](=O)[O-])cc1OC. The van der Waals surface area contributed by atoms with E-state index in [1.807, 2.05) is 0 Å². The highest BCUT2D eigenvalue weighted by atomic mass is 16.6. The van der Waals surface area contributed by atoms with Gasteiger partial charge in [0.05, 0.1) is 25.4 Å². The summed E-state index contributed by atoms with van der Waals surface area (Å²) in [5.74, 6) is 1.24. The summed E-state index contributed by atoms with van der Waals surface area (Å²) in [6, 6.07) is 8.09. The van der Waals surface area contributed by atoms with E-state index in [1.54, 1.807) is 25.3 Å². The van der Waals surface area contributed by atoms with Crippen LogP contribution in [0.3, 0.4) is 0 Å². The lowest BCUT2D eigenvalue weighted by molar-refractivity contribution is -0.384. The molecule has 1 N–H and O–H groups in total. The summed E-state index contributed by atoms with van der Waals surface area (Å²) >= 11 is 0. The van der Waals surface area contributed by atoms with Gasteiger partial charge in [0.15, 0.2) is 11.5 Å². The number of hydrogen-bond acceptors (Lipinski definition) is 7. The Bertz CT molecular complexity index is 703. The van der Waals surface area contributed by atoms with Crippen molar-refractivity contribution < 1.29 is 14.4 Å². The Morgan fingerprint density at radius 1 is 1.27 bits per heavy atom. The van der Waals surface area contributed by atoms with Crippen molar-refractivity contribution in [3.8, 4) is 11.5 Å². The van der Waals surface area contributed by atoms with E-state index in [2.05, 4.69) is 15.5 Å². The van der Waals surface area contributed by atoms with Gasteiger partial charge in [-0.05, 0) is 29.8 Å². The maximum atomic E-state index is 10.9. The zero-order valence-electron chi connectivity index (χ0n) is 12.0. The van der Waals surface area contributed by atoms with Crippen LogP contribution in [0.2, 0.25) is 0 Å². The lowest BCUT2D eigenvalue weighted by Gasteiger charge is -2.07. The van der Waals surface area contributed by atoms with Crippen LogP contribution in [0, 0.1) is 10.1 Å². The van der Waals surface area contributed by atoms with Gasteiger partial charge in [0, 0.05) is 12.3 Å². The number of benzene rings is 1. The number of aromatic nitrogens is 1. The number of methoxy groups -OCH3 is 2. The topological polar surface area (TPSA) is 98.9 Å². The third-order valence-corrected chi connectivity index (χ3v) is 2.77. The maximum Gasteiger partial charge on any atom is 0.313 e. The van der Waals surface area contributed by atoms with E-state index in [0.29, 0.717) is 11.5 Å². The normalized spacial score (nSPS) is 10.5. The number of pyridine rings is 1. The second kappa shape index (κ2) is 7.02. The second-order valence-electron chi connectivity index (χ2n) is 4.11. The molecule has 0 bridgehead atoms. The molecule has 0 aliphatic carbocycles. The summed E-state index contributed by atoms with van der Waals surface area (Å²) in [5.41, 5.74) is 3.15. The standard InChI is InChI=1S/C14H14N4O4/c1-21-12-6-5-10(8-13(12)22-2)9-16-17-14-11(18(19)20)4-3-7-15-14/h3-9H,1-2H3,(H,15,17)/b16-9-. The molecule has 8 heteroatoms. The molecular weight excluding hydrogens is 288 g/mol. The Morgan fingerprint density at radius 2 is 2.05 bits per heavy atom. The van der Waals surface area contributed by atoms with Crippen LogP contribution >= 0.6 is 0 Å². The van der Waals surface area contributed by atoms with E-state index in [4.69, 9.17) is 9.47 Å². The van der Waals surface area contributed by atoms with Crippen molar-refractivity contribution in [2.24, 2.45) is 5.10 Å². The van der Waals surface area contributed by atoms with E-state index >= 15 is 0 Å². The zero-order chi connectivity index (χ0) is 15.9. The minimum atomic E-state index is -0.527. The third-order valence-electron chi connectivity index (χ3n) is 2.77. The van der Waals surface area contributed by atoms with Gasteiger partial charge in [0.25, 0.3) is 0 Å². The van der Waals surface area contributed by atoms with Crippen LogP contribution in [0.15, 0.2) is 41.6 Å². The van der Waals surface area contributed by atoms with Gasteiger partial charge in [-0.15, -0.1) is 0 Å². The monoisotopic (exact) mass is 302 g/mol. The molecule has 0 spiro atoms. The summed E-state index contributed by atoms with van der Waals surface area (Å²) in [5, 5.41) is 14.8. The van der Waals surface area contributed by atoms with Gasteiger partial charge in [0.1, 0.15) is 0 Å². The van der Waals surface area contributed by atoms with Gasteiger partial charge in [-0.1, -0.05) is 0 Å². The molecule has 0 aliphatic rings. The Hall–Kier alpha value is -3.16. The molecule has 0 amide bonds. The highest BCUT2D eigenvalue weighted by Crippen LogP contribution is 2.27. The number of anilines is 1. The van der Waals surface area contributed by atoms with Gasteiger partial charge in [0.2, 0.25) is 5.82 Å². The molecule has 0 aliphatic heterocycles. The van der Waals surface area contributed by atoms with Crippen molar-refractivity contribution in [3.63, 3.8) is 0 Å². The Balaban J connectivity index is 2.15. The second-order valence-corrected chi connectivity index (χ2v) is 4.11. The number of ether oxygens (including phenoxy) is 2. The van der Waals surface area contributed by atoms with Crippen molar-refractivity contribution >= 4 is 17.7 Å². The van der Waals surface area contributed by atoms with Gasteiger partial charge < -0.3 is 9.47 Å². The molecule has 2 rings (SSSR count). The smallest absolute Gasteiger partial charge is 0.313 e. The summed E-state index contributed by atoms with van der Waals surface area (Å²) in [4.78, 5) is 14.2. The number of nitrogens with zero attached hydrogens (tertiary/aromatic N) is 3. The number of hydrogen-bond donors (Lipinski definition) is 1. The molecule has 1 aromatic carbocycles. The maximum absolute atomic E-state index is 10.9. The lowest BCUT2D eigenvalue weighted by Crippen LogP contribution is -1.99. The van der Waals surface area contributed by atoms with Gasteiger partial charge in [-0.2, -0.15) is 5.10 Å².